The van der Waals surface area contributed by atoms with Crippen molar-refractivity contribution >= 4 is 11.8 Å². The number of aromatic nitrogens is 1. The molecule has 29 heavy (non-hydrogen) atoms. The zero-order chi connectivity index (χ0) is 21.0. The smallest absolute Gasteiger partial charge is 0.338 e. The number of nitrogens with zero attached hydrogens (tertiary/aromatic N) is 1. The fourth-order valence-corrected chi connectivity index (χ4v) is 3.40. The first-order chi connectivity index (χ1) is 13.9. The number of carbonyl (C=O) groups is 2. The molecule has 0 aliphatic rings. The van der Waals surface area contributed by atoms with E-state index in [1.54, 1.807) is 36.4 Å². The highest BCUT2D eigenvalue weighted by Gasteiger charge is 2.17. The first-order valence-corrected chi connectivity index (χ1v) is 9.67. The highest BCUT2D eigenvalue weighted by atomic mass is 16.5. The molecule has 0 aliphatic carbocycles. The molecular formula is C24H25NO4. The first kappa shape index (κ1) is 20.4. The Morgan fingerprint density at radius 3 is 2.14 bits per heavy atom. The lowest BCUT2D eigenvalue weighted by Crippen LogP contribution is -2.15. The van der Waals surface area contributed by atoms with Gasteiger partial charge < -0.3 is 14.4 Å². The van der Waals surface area contributed by atoms with Crippen LogP contribution in [-0.2, 0) is 11.3 Å². The number of esters is 1. The standard InChI is InChI=1S/C24H25NO4/c1-4-13-25-16(2)14-22(17(25)3)23(27)15-29-24(28)20-7-5-18(6-8-20)19-9-11-21(26)12-10-19/h5-12,14,26H,4,13,15H2,1-3H3. The second-order valence-corrected chi connectivity index (χ2v) is 7.06. The predicted molar refractivity (Wildman–Crippen MR) is 112 cm³/mol. The second kappa shape index (κ2) is 8.78. The lowest BCUT2D eigenvalue weighted by molar-refractivity contribution is 0.0474. The van der Waals surface area contributed by atoms with Crippen LogP contribution >= 0.6 is 0 Å². The summed E-state index contributed by atoms with van der Waals surface area (Å²) in [6, 6.07) is 15.6. The van der Waals surface area contributed by atoms with Crippen LogP contribution in [0.5, 0.6) is 5.75 Å². The van der Waals surface area contributed by atoms with E-state index in [1.165, 1.54) is 0 Å². The molecule has 1 N–H and O–H groups in total. The Morgan fingerprint density at radius 2 is 1.55 bits per heavy atom. The molecule has 2 aromatic carbocycles. The van der Waals surface area contributed by atoms with Crippen LogP contribution in [0.3, 0.4) is 0 Å². The predicted octanol–water partition coefficient (Wildman–Crippen LogP) is 4.93. The minimum absolute atomic E-state index is 0.200. The number of hydrogen-bond acceptors (Lipinski definition) is 4. The number of aryl methyl sites for hydroxylation is 1. The Labute approximate surface area is 170 Å². The number of ketones is 1. The van der Waals surface area contributed by atoms with Crippen molar-refractivity contribution in [3.63, 3.8) is 0 Å². The van der Waals surface area contributed by atoms with Crippen molar-refractivity contribution in [1.29, 1.82) is 0 Å². The molecule has 0 atom stereocenters. The second-order valence-electron chi connectivity index (χ2n) is 7.06. The van der Waals surface area contributed by atoms with Crippen molar-refractivity contribution in [2.45, 2.75) is 33.7 Å². The number of phenolic OH excluding ortho intramolecular Hbond substituents is 1. The molecular weight excluding hydrogens is 366 g/mol. The fourth-order valence-electron chi connectivity index (χ4n) is 3.40. The summed E-state index contributed by atoms with van der Waals surface area (Å²) in [7, 11) is 0. The third-order valence-electron chi connectivity index (χ3n) is 4.98. The van der Waals surface area contributed by atoms with Crippen molar-refractivity contribution in [3.05, 3.63) is 77.1 Å². The van der Waals surface area contributed by atoms with Crippen molar-refractivity contribution < 1.29 is 19.4 Å². The molecule has 0 spiro atoms. The largest absolute Gasteiger partial charge is 0.508 e. The fraction of sp³-hybridized carbons (Fsp3) is 0.250. The van der Waals surface area contributed by atoms with E-state index in [-0.39, 0.29) is 18.1 Å². The molecule has 0 radical (unpaired) electrons. The van der Waals surface area contributed by atoms with Crippen LogP contribution in [0, 0.1) is 13.8 Å². The summed E-state index contributed by atoms with van der Waals surface area (Å²) in [5, 5.41) is 9.38. The topological polar surface area (TPSA) is 68.5 Å². The monoisotopic (exact) mass is 391 g/mol. The Bertz CT molecular complexity index is 1010. The van der Waals surface area contributed by atoms with E-state index in [1.807, 2.05) is 32.0 Å². The maximum absolute atomic E-state index is 12.5. The maximum Gasteiger partial charge on any atom is 0.338 e. The first-order valence-electron chi connectivity index (χ1n) is 9.67. The number of Topliss-reactive ketones (excluding diaryl/α,β-unsaturated/α-hetero) is 1. The molecule has 0 bridgehead atoms. The summed E-state index contributed by atoms with van der Waals surface area (Å²) < 4.78 is 7.35. The summed E-state index contributed by atoms with van der Waals surface area (Å²) in [6.07, 6.45) is 0.985. The van der Waals surface area contributed by atoms with E-state index in [0.29, 0.717) is 11.1 Å². The van der Waals surface area contributed by atoms with Gasteiger partial charge >= 0.3 is 5.97 Å². The lowest BCUT2D eigenvalue weighted by atomic mass is 10.0. The molecule has 0 amide bonds. The van der Waals surface area contributed by atoms with E-state index in [9.17, 15) is 14.7 Å². The number of phenols is 1. The van der Waals surface area contributed by atoms with Crippen LogP contribution in [0.1, 0.15) is 45.4 Å². The molecule has 1 aromatic heterocycles. The molecule has 0 saturated carbocycles. The van der Waals surface area contributed by atoms with Crippen molar-refractivity contribution in [2.75, 3.05) is 6.61 Å². The molecule has 0 aliphatic heterocycles. The van der Waals surface area contributed by atoms with Gasteiger partial charge in [0.1, 0.15) is 5.75 Å². The van der Waals surface area contributed by atoms with Gasteiger partial charge in [0.2, 0.25) is 5.78 Å². The number of benzene rings is 2. The zero-order valence-electron chi connectivity index (χ0n) is 16.9. The van der Waals surface area contributed by atoms with Gasteiger partial charge in [-0.1, -0.05) is 31.2 Å². The van der Waals surface area contributed by atoms with Crippen molar-refractivity contribution in [2.24, 2.45) is 0 Å². The number of carbonyl (C=O) groups excluding carboxylic acids is 2. The van der Waals surface area contributed by atoms with Crippen molar-refractivity contribution in [3.8, 4) is 16.9 Å². The number of ether oxygens (including phenoxy) is 1. The Hall–Kier alpha value is -3.34. The third kappa shape index (κ3) is 4.57. The van der Waals surface area contributed by atoms with Gasteiger partial charge in [-0.15, -0.1) is 0 Å². The Kier molecular flexibility index (Phi) is 6.17. The minimum Gasteiger partial charge on any atom is -0.508 e. The van der Waals surface area contributed by atoms with Gasteiger partial charge in [-0.05, 0) is 61.7 Å². The molecule has 1 heterocycles. The maximum atomic E-state index is 12.5. The summed E-state index contributed by atoms with van der Waals surface area (Å²) in [6.45, 7) is 6.56. The molecule has 5 heteroatoms. The number of aromatic hydroxyl groups is 1. The van der Waals surface area contributed by atoms with Gasteiger partial charge in [-0.3, -0.25) is 4.79 Å². The molecule has 3 rings (SSSR count). The van der Waals surface area contributed by atoms with E-state index in [2.05, 4.69) is 11.5 Å². The van der Waals surface area contributed by atoms with Gasteiger partial charge in [-0.2, -0.15) is 0 Å². The zero-order valence-corrected chi connectivity index (χ0v) is 16.9. The SMILES string of the molecule is CCCn1c(C)cc(C(=O)COC(=O)c2ccc(-c3ccc(O)cc3)cc2)c1C. The van der Waals surface area contributed by atoms with Gasteiger partial charge in [-0.25, -0.2) is 4.79 Å². The highest BCUT2D eigenvalue weighted by Crippen LogP contribution is 2.22. The molecule has 0 fully saturated rings. The minimum atomic E-state index is -0.530. The molecule has 150 valence electrons. The number of rotatable bonds is 7. The molecule has 0 saturated heterocycles. The third-order valence-corrected chi connectivity index (χ3v) is 4.98. The highest BCUT2D eigenvalue weighted by molar-refractivity contribution is 6.00. The average Bonchev–Trinajstić information content (AvgIpc) is 3.01. The van der Waals surface area contributed by atoms with Crippen LogP contribution in [0.15, 0.2) is 54.6 Å². The average molecular weight is 391 g/mol. The number of hydrogen-bond donors (Lipinski definition) is 1. The Morgan fingerprint density at radius 1 is 0.966 bits per heavy atom. The molecule has 0 unspecified atom stereocenters. The van der Waals surface area contributed by atoms with E-state index < -0.39 is 5.97 Å². The molecule has 5 nitrogen and oxygen atoms in total. The summed E-state index contributed by atoms with van der Waals surface area (Å²) >= 11 is 0. The van der Waals surface area contributed by atoms with E-state index >= 15 is 0 Å². The van der Waals surface area contributed by atoms with Crippen molar-refractivity contribution in [1.82, 2.24) is 4.57 Å². The molecule has 3 aromatic rings. The van der Waals surface area contributed by atoms with Gasteiger partial charge in [0.15, 0.2) is 6.61 Å². The van der Waals surface area contributed by atoms with Gasteiger partial charge in [0, 0.05) is 23.5 Å². The van der Waals surface area contributed by atoms with Gasteiger partial charge in [0.05, 0.1) is 5.56 Å². The van der Waals surface area contributed by atoms with Crippen LogP contribution < -0.4 is 0 Å². The van der Waals surface area contributed by atoms with Gasteiger partial charge in [0.25, 0.3) is 0 Å². The summed E-state index contributed by atoms with van der Waals surface area (Å²) in [5.74, 6) is -0.526. The van der Waals surface area contributed by atoms with E-state index in [0.717, 1.165) is 35.5 Å². The van der Waals surface area contributed by atoms with E-state index in [4.69, 9.17) is 4.74 Å². The summed E-state index contributed by atoms with van der Waals surface area (Å²) in [4.78, 5) is 24.8. The summed E-state index contributed by atoms with van der Waals surface area (Å²) in [5.41, 5.74) is 4.78. The van der Waals surface area contributed by atoms with Crippen LogP contribution in [0.25, 0.3) is 11.1 Å². The normalized spacial score (nSPS) is 10.7. The Balaban J connectivity index is 1.64. The van der Waals surface area contributed by atoms with Crippen LogP contribution in [0.4, 0.5) is 0 Å². The van der Waals surface area contributed by atoms with Crippen LogP contribution in [0.2, 0.25) is 0 Å². The van der Waals surface area contributed by atoms with Crippen LogP contribution in [-0.4, -0.2) is 28.0 Å². The lowest BCUT2D eigenvalue weighted by Gasteiger charge is -2.08. The quantitative estimate of drug-likeness (QED) is 0.458.